The van der Waals surface area contributed by atoms with E-state index in [0.717, 1.165) is 32.0 Å². The molecule has 0 radical (unpaired) electrons. The molecule has 106 valence electrons. The van der Waals surface area contributed by atoms with Gasteiger partial charge in [-0.25, -0.2) is 0 Å². The Labute approximate surface area is 112 Å². The van der Waals surface area contributed by atoms with E-state index in [1.165, 1.54) is 38.6 Å². The predicted octanol–water partition coefficient (Wildman–Crippen LogP) is 2.54. The Bertz CT molecular complexity index is 259. The van der Waals surface area contributed by atoms with Crippen molar-refractivity contribution in [2.24, 2.45) is 5.73 Å². The molecule has 0 amide bonds. The number of likely N-dealkylation sites (tertiary alicyclic amines) is 1. The van der Waals surface area contributed by atoms with E-state index in [1.54, 1.807) is 0 Å². The number of ether oxygens (including phenoxy) is 1. The minimum atomic E-state index is 0.211. The van der Waals surface area contributed by atoms with Crippen molar-refractivity contribution in [3.8, 4) is 0 Å². The monoisotopic (exact) mass is 254 g/mol. The minimum absolute atomic E-state index is 0.211. The predicted molar refractivity (Wildman–Crippen MR) is 75.7 cm³/mol. The van der Waals surface area contributed by atoms with E-state index >= 15 is 0 Å². The third-order valence-corrected chi connectivity index (χ3v) is 4.97. The highest BCUT2D eigenvalue weighted by molar-refractivity contribution is 4.98. The van der Waals surface area contributed by atoms with E-state index in [-0.39, 0.29) is 5.54 Å². The van der Waals surface area contributed by atoms with Crippen molar-refractivity contribution in [2.75, 3.05) is 19.7 Å². The van der Waals surface area contributed by atoms with Crippen LogP contribution < -0.4 is 5.73 Å². The molecule has 3 atom stereocenters. The molecule has 2 N–H and O–H groups in total. The van der Waals surface area contributed by atoms with Gasteiger partial charge in [0.05, 0.1) is 6.10 Å². The summed E-state index contributed by atoms with van der Waals surface area (Å²) in [5.41, 5.74) is 6.41. The Morgan fingerprint density at radius 3 is 2.83 bits per heavy atom. The van der Waals surface area contributed by atoms with E-state index in [2.05, 4.69) is 18.7 Å². The maximum Gasteiger partial charge on any atom is 0.0565 e. The number of hydrogen-bond donors (Lipinski definition) is 1. The normalized spacial score (nSPS) is 39.5. The molecule has 0 aromatic rings. The molecular formula is C15H30N2O. The molecule has 0 aromatic carbocycles. The highest BCUT2D eigenvalue weighted by atomic mass is 16.5. The Kier molecular flexibility index (Phi) is 5.05. The molecule has 3 heteroatoms. The van der Waals surface area contributed by atoms with E-state index in [4.69, 9.17) is 10.5 Å². The summed E-state index contributed by atoms with van der Waals surface area (Å²) in [5, 5.41) is 0. The molecule has 0 aromatic heterocycles. The van der Waals surface area contributed by atoms with Gasteiger partial charge in [0.25, 0.3) is 0 Å². The van der Waals surface area contributed by atoms with E-state index in [1.807, 2.05) is 0 Å². The first-order chi connectivity index (χ1) is 8.72. The first kappa shape index (κ1) is 14.3. The summed E-state index contributed by atoms with van der Waals surface area (Å²) in [6.07, 6.45) is 9.33. The lowest BCUT2D eigenvalue weighted by Crippen LogP contribution is -2.61. The van der Waals surface area contributed by atoms with Crippen LogP contribution in [-0.2, 0) is 4.74 Å². The molecule has 2 heterocycles. The third-order valence-electron chi connectivity index (χ3n) is 4.97. The first-order valence-corrected chi connectivity index (χ1v) is 7.80. The van der Waals surface area contributed by atoms with Gasteiger partial charge in [0.15, 0.2) is 0 Å². The zero-order chi connectivity index (χ0) is 13.0. The number of hydrogen-bond acceptors (Lipinski definition) is 3. The lowest BCUT2D eigenvalue weighted by molar-refractivity contribution is -0.0772. The van der Waals surface area contributed by atoms with E-state index in [9.17, 15) is 0 Å². The second-order valence-corrected chi connectivity index (χ2v) is 6.17. The first-order valence-electron chi connectivity index (χ1n) is 7.80. The van der Waals surface area contributed by atoms with Crippen LogP contribution in [0, 0.1) is 0 Å². The van der Waals surface area contributed by atoms with Crippen molar-refractivity contribution in [3.63, 3.8) is 0 Å². The van der Waals surface area contributed by atoms with E-state index < -0.39 is 0 Å². The molecule has 0 saturated carbocycles. The van der Waals surface area contributed by atoms with Crippen LogP contribution in [0.15, 0.2) is 0 Å². The van der Waals surface area contributed by atoms with Crippen LogP contribution >= 0.6 is 0 Å². The average molecular weight is 254 g/mol. The minimum Gasteiger partial charge on any atom is -0.378 e. The summed E-state index contributed by atoms with van der Waals surface area (Å²) in [5.74, 6) is 0. The highest BCUT2D eigenvalue weighted by Crippen LogP contribution is 2.35. The van der Waals surface area contributed by atoms with Gasteiger partial charge in [-0.05, 0) is 45.6 Å². The Balaban J connectivity index is 2.17. The lowest BCUT2D eigenvalue weighted by Gasteiger charge is -2.50. The highest BCUT2D eigenvalue weighted by Gasteiger charge is 2.42. The van der Waals surface area contributed by atoms with Crippen LogP contribution in [0.25, 0.3) is 0 Å². The average Bonchev–Trinajstić information content (AvgIpc) is 2.63. The SMILES string of the molecule is CCC1CCCCCN1C1(CN)CCOC(C)C1. The molecule has 2 fully saturated rings. The van der Waals surface area contributed by atoms with Crippen molar-refractivity contribution in [3.05, 3.63) is 0 Å². The fourth-order valence-corrected chi connectivity index (χ4v) is 3.94. The number of rotatable bonds is 3. The van der Waals surface area contributed by atoms with Crippen molar-refractivity contribution in [1.82, 2.24) is 4.90 Å². The van der Waals surface area contributed by atoms with Crippen molar-refractivity contribution >= 4 is 0 Å². The molecule has 3 nitrogen and oxygen atoms in total. The van der Waals surface area contributed by atoms with Gasteiger partial charge in [-0.3, -0.25) is 4.90 Å². The Morgan fingerprint density at radius 1 is 1.33 bits per heavy atom. The standard InChI is InChI=1S/C15H30N2O/c1-3-14-7-5-4-6-9-17(14)15(12-16)8-10-18-13(2)11-15/h13-14H,3-12,16H2,1-2H3. The van der Waals surface area contributed by atoms with Gasteiger partial charge in [-0.1, -0.05) is 19.8 Å². The zero-order valence-electron chi connectivity index (χ0n) is 12.2. The summed E-state index contributed by atoms with van der Waals surface area (Å²) in [6.45, 7) is 7.43. The summed E-state index contributed by atoms with van der Waals surface area (Å²) in [7, 11) is 0. The molecule has 0 spiro atoms. The topological polar surface area (TPSA) is 38.5 Å². The van der Waals surface area contributed by atoms with Crippen LogP contribution in [0.2, 0.25) is 0 Å². The second kappa shape index (κ2) is 6.36. The molecule has 18 heavy (non-hydrogen) atoms. The molecule has 2 saturated heterocycles. The lowest BCUT2D eigenvalue weighted by atomic mass is 9.83. The summed E-state index contributed by atoms with van der Waals surface area (Å²) in [6, 6.07) is 0.737. The van der Waals surface area contributed by atoms with Gasteiger partial charge in [-0.2, -0.15) is 0 Å². The van der Waals surface area contributed by atoms with Crippen LogP contribution in [0.5, 0.6) is 0 Å². The zero-order valence-corrected chi connectivity index (χ0v) is 12.2. The van der Waals surface area contributed by atoms with Crippen LogP contribution in [0.3, 0.4) is 0 Å². The number of nitrogens with zero attached hydrogens (tertiary/aromatic N) is 1. The maximum absolute atomic E-state index is 6.20. The van der Waals surface area contributed by atoms with Gasteiger partial charge in [-0.15, -0.1) is 0 Å². The van der Waals surface area contributed by atoms with Gasteiger partial charge >= 0.3 is 0 Å². The van der Waals surface area contributed by atoms with Crippen molar-refractivity contribution in [1.29, 1.82) is 0 Å². The van der Waals surface area contributed by atoms with Gasteiger partial charge < -0.3 is 10.5 Å². The quantitative estimate of drug-likeness (QED) is 0.841. The van der Waals surface area contributed by atoms with Gasteiger partial charge in [0.2, 0.25) is 0 Å². The summed E-state index contributed by atoms with van der Waals surface area (Å²) < 4.78 is 5.74. The Morgan fingerprint density at radius 2 is 2.17 bits per heavy atom. The van der Waals surface area contributed by atoms with Crippen molar-refractivity contribution in [2.45, 2.75) is 76.5 Å². The van der Waals surface area contributed by atoms with Crippen LogP contribution in [-0.4, -0.2) is 42.3 Å². The van der Waals surface area contributed by atoms with Crippen LogP contribution in [0.1, 0.15) is 58.8 Å². The fourth-order valence-electron chi connectivity index (χ4n) is 3.94. The molecule has 2 aliphatic heterocycles. The Hall–Kier alpha value is -0.120. The second-order valence-electron chi connectivity index (χ2n) is 6.17. The molecule has 2 aliphatic rings. The third kappa shape index (κ3) is 2.89. The molecule has 0 aliphatic carbocycles. The van der Waals surface area contributed by atoms with Crippen molar-refractivity contribution < 1.29 is 4.74 Å². The molecular weight excluding hydrogens is 224 g/mol. The van der Waals surface area contributed by atoms with Gasteiger partial charge in [0.1, 0.15) is 0 Å². The molecule has 3 unspecified atom stereocenters. The van der Waals surface area contributed by atoms with Gasteiger partial charge in [0, 0.05) is 24.7 Å². The largest absolute Gasteiger partial charge is 0.378 e. The molecule has 2 rings (SSSR count). The summed E-state index contributed by atoms with van der Waals surface area (Å²) in [4.78, 5) is 2.76. The number of nitrogens with two attached hydrogens (primary N) is 1. The molecule has 0 bridgehead atoms. The van der Waals surface area contributed by atoms with Crippen LogP contribution in [0.4, 0.5) is 0 Å². The maximum atomic E-state index is 6.20. The fraction of sp³-hybridized carbons (Fsp3) is 1.00. The van der Waals surface area contributed by atoms with E-state index in [0.29, 0.717) is 6.10 Å². The summed E-state index contributed by atoms with van der Waals surface area (Å²) >= 11 is 0. The smallest absolute Gasteiger partial charge is 0.0565 e.